The summed E-state index contributed by atoms with van der Waals surface area (Å²) in [5.74, 6) is 0.920. The van der Waals surface area contributed by atoms with Gasteiger partial charge in [-0.3, -0.25) is 4.90 Å². The van der Waals surface area contributed by atoms with Gasteiger partial charge in [-0.2, -0.15) is 0 Å². The molecule has 2 fully saturated rings. The molecule has 1 saturated carbocycles. The number of rotatable bonds is 3. The maximum absolute atomic E-state index is 3.58. The third-order valence-corrected chi connectivity index (χ3v) is 5.19. The molecule has 0 spiro atoms. The Morgan fingerprint density at radius 2 is 1.89 bits per heavy atom. The number of nitrogens with zero attached hydrogens (tertiary/aromatic N) is 1. The predicted molar refractivity (Wildman–Crippen MR) is 86.4 cm³/mol. The SMILES string of the molecule is Brc1ccc([C@@H](C2CC2)N2CCNCC2)s1.Cl.Cl. The first kappa shape index (κ1) is 16.7. The van der Waals surface area contributed by atoms with Crippen LogP contribution < -0.4 is 5.32 Å². The van der Waals surface area contributed by atoms with Crippen LogP contribution in [0.2, 0.25) is 0 Å². The Balaban J connectivity index is 0.000000810. The molecule has 2 heterocycles. The van der Waals surface area contributed by atoms with E-state index in [2.05, 4.69) is 38.3 Å². The van der Waals surface area contributed by atoms with E-state index in [9.17, 15) is 0 Å². The van der Waals surface area contributed by atoms with Crippen molar-refractivity contribution in [2.75, 3.05) is 26.2 Å². The van der Waals surface area contributed by atoms with E-state index in [4.69, 9.17) is 0 Å². The molecule has 6 heteroatoms. The fourth-order valence-electron chi connectivity index (χ4n) is 2.57. The highest BCUT2D eigenvalue weighted by Crippen LogP contribution is 2.46. The highest BCUT2D eigenvalue weighted by molar-refractivity contribution is 9.11. The molecular weight excluding hydrogens is 355 g/mol. The Morgan fingerprint density at radius 3 is 2.39 bits per heavy atom. The molecule has 0 amide bonds. The number of thiophene rings is 1. The smallest absolute Gasteiger partial charge is 0.0701 e. The topological polar surface area (TPSA) is 15.3 Å². The standard InChI is InChI=1S/C12H17BrN2S.2ClH/c13-11-4-3-10(16-11)12(9-1-2-9)15-7-5-14-6-8-15;;/h3-4,9,12,14H,1-2,5-8H2;2*1H/t12-;;/m1../s1. The molecule has 3 rings (SSSR count). The fraction of sp³-hybridized carbons (Fsp3) is 0.667. The van der Waals surface area contributed by atoms with Gasteiger partial charge in [0, 0.05) is 37.1 Å². The number of piperazine rings is 1. The first-order valence-corrected chi connectivity index (χ1v) is 7.65. The van der Waals surface area contributed by atoms with Crippen LogP contribution >= 0.6 is 52.1 Å². The largest absolute Gasteiger partial charge is 0.314 e. The van der Waals surface area contributed by atoms with E-state index in [1.807, 2.05) is 11.3 Å². The Hall–Kier alpha value is 0.680. The molecule has 0 radical (unpaired) electrons. The van der Waals surface area contributed by atoms with Crippen molar-refractivity contribution in [3.63, 3.8) is 0 Å². The molecule has 1 atom stereocenters. The van der Waals surface area contributed by atoms with Crippen LogP contribution in [-0.2, 0) is 0 Å². The van der Waals surface area contributed by atoms with Crippen LogP contribution in [0.3, 0.4) is 0 Å². The predicted octanol–water partition coefficient (Wildman–Crippen LogP) is 3.71. The summed E-state index contributed by atoms with van der Waals surface area (Å²) in [5.41, 5.74) is 0. The molecule has 1 aromatic heterocycles. The van der Waals surface area contributed by atoms with Crippen molar-refractivity contribution in [3.8, 4) is 0 Å². The average Bonchev–Trinajstić information content (AvgIpc) is 3.04. The molecule has 1 aromatic rings. The lowest BCUT2D eigenvalue weighted by molar-refractivity contribution is 0.158. The summed E-state index contributed by atoms with van der Waals surface area (Å²) in [5, 5.41) is 3.44. The van der Waals surface area contributed by atoms with Crippen molar-refractivity contribution in [1.29, 1.82) is 0 Å². The van der Waals surface area contributed by atoms with Crippen LogP contribution in [0.15, 0.2) is 15.9 Å². The summed E-state index contributed by atoms with van der Waals surface area (Å²) in [4.78, 5) is 4.23. The second-order valence-corrected chi connectivity index (χ2v) is 7.20. The molecule has 2 nitrogen and oxygen atoms in total. The highest BCUT2D eigenvalue weighted by atomic mass is 79.9. The average molecular weight is 374 g/mol. The van der Waals surface area contributed by atoms with Crippen molar-refractivity contribution >= 4 is 52.1 Å². The summed E-state index contributed by atoms with van der Waals surface area (Å²) >= 11 is 5.49. The van der Waals surface area contributed by atoms with Crippen LogP contribution in [0.4, 0.5) is 0 Å². The third-order valence-electron chi connectivity index (χ3n) is 3.50. The van der Waals surface area contributed by atoms with E-state index in [1.54, 1.807) is 4.88 Å². The maximum atomic E-state index is 3.58. The Labute approximate surface area is 133 Å². The van der Waals surface area contributed by atoms with Crippen LogP contribution in [0.5, 0.6) is 0 Å². The summed E-state index contributed by atoms with van der Waals surface area (Å²) in [6.45, 7) is 4.71. The van der Waals surface area contributed by atoms with E-state index < -0.39 is 0 Å². The summed E-state index contributed by atoms with van der Waals surface area (Å²) < 4.78 is 1.27. The number of nitrogens with one attached hydrogen (secondary N) is 1. The van der Waals surface area contributed by atoms with Gasteiger partial charge in [-0.15, -0.1) is 36.2 Å². The van der Waals surface area contributed by atoms with Gasteiger partial charge in [-0.25, -0.2) is 0 Å². The van der Waals surface area contributed by atoms with Crippen molar-refractivity contribution in [2.45, 2.75) is 18.9 Å². The minimum Gasteiger partial charge on any atom is -0.314 e. The minimum atomic E-state index is 0. The fourth-order valence-corrected chi connectivity index (χ4v) is 4.22. The monoisotopic (exact) mass is 372 g/mol. The lowest BCUT2D eigenvalue weighted by Crippen LogP contribution is -2.45. The van der Waals surface area contributed by atoms with Crippen molar-refractivity contribution in [2.24, 2.45) is 5.92 Å². The van der Waals surface area contributed by atoms with Gasteiger partial charge in [0.15, 0.2) is 0 Å². The second kappa shape index (κ2) is 7.46. The molecule has 2 aliphatic rings. The molecule has 104 valence electrons. The third kappa shape index (κ3) is 3.84. The first-order chi connectivity index (χ1) is 7.84. The molecule has 1 N–H and O–H groups in total. The molecular formula is C12H19BrCl2N2S. The van der Waals surface area contributed by atoms with Crippen LogP contribution in [0.25, 0.3) is 0 Å². The molecule has 1 aliphatic heterocycles. The first-order valence-electron chi connectivity index (χ1n) is 6.04. The summed E-state index contributed by atoms with van der Waals surface area (Å²) in [6.07, 6.45) is 2.84. The lowest BCUT2D eigenvalue weighted by Gasteiger charge is -2.34. The Morgan fingerprint density at radius 1 is 1.22 bits per heavy atom. The minimum absolute atomic E-state index is 0. The normalized spacial score (nSPS) is 21.8. The van der Waals surface area contributed by atoms with Crippen molar-refractivity contribution in [3.05, 3.63) is 20.8 Å². The molecule has 0 bridgehead atoms. The summed E-state index contributed by atoms with van der Waals surface area (Å²) in [7, 11) is 0. The van der Waals surface area contributed by atoms with Gasteiger partial charge in [-0.1, -0.05) is 0 Å². The van der Waals surface area contributed by atoms with Crippen LogP contribution in [0.1, 0.15) is 23.8 Å². The van der Waals surface area contributed by atoms with Gasteiger partial charge in [-0.05, 0) is 46.8 Å². The number of halogens is 3. The van der Waals surface area contributed by atoms with E-state index in [0.717, 1.165) is 19.0 Å². The van der Waals surface area contributed by atoms with E-state index >= 15 is 0 Å². The summed E-state index contributed by atoms with van der Waals surface area (Å²) in [6, 6.07) is 5.19. The molecule has 1 saturated heterocycles. The molecule has 1 aliphatic carbocycles. The van der Waals surface area contributed by atoms with Crippen LogP contribution in [0, 0.1) is 5.92 Å². The van der Waals surface area contributed by atoms with Crippen LogP contribution in [-0.4, -0.2) is 31.1 Å². The number of hydrogen-bond donors (Lipinski definition) is 1. The van der Waals surface area contributed by atoms with Gasteiger partial charge in [0.2, 0.25) is 0 Å². The zero-order valence-corrected chi connectivity index (χ0v) is 14.1. The molecule has 18 heavy (non-hydrogen) atoms. The van der Waals surface area contributed by atoms with Gasteiger partial charge >= 0.3 is 0 Å². The van der Waals surface area contributed by atoms with Gasteiger partial charge in [0.25, 0.3) is 0 Å². The van der Waals surface area contributed by atoms with Crippen molar-refractivity contribution < 1.29 is 0 Å². The lowest BCUT2D eigenvalue weighted by atomic mass is 10.1. The van der Waals surface area contributed by atoms with E-state index in [1.165, 1.54) is 29.7 Å². The van der Waals surface area contributed by atoms with E-state index in [0.29, 0.717) is 6.04 Å². The second-order valence-electron chi connectivity index (χ2n) is 4.71. The van der Waals surface area contributed by atoms with Gasteiger partial charge in [0.1, 0.15) is 0 Å². The maximum Gasteiger partial charge on any atom is 0.0701 e. The highest BCUT2D eigenvalue weighted by Gasteiger charge is 2.37. The zero-order valence-electron chi connectivity index (χ0n) is 10.1. The quantitative estimate of drug-likeness (QED) is 0.868. The zero-order chi connectivity index (χ0) is 11.0. The Kier molecular flexibility index (Phi) is 6.93. The van der Waals surface area contributed by atoms with Gasteiger partial charge < -0.3 is 5.32 Å². The number of hydrogen-bond acceptors (Lipinski definition) is 3. The van der Waals surface area contributed by atoms with Gasteiger partial charge in [0.05, 0.1) is 3.79 Å². The van der Waals surface area contributed by atoms with Crippen molar-refractivity contribution in [1.82, 2.24) is 10.2 Å². The van der Waals surface area contributed by atoms with E-state index in [-0.39, 0.29) is 24.8 Å². The Bertz CT molecular complexity index is 365. The molecule has 0 unspecified atom stereocenters. The molecule has 0 aromatic carbocycles.